The zero-order chi connectivity index (χ0) is 18.4. The maximum Gasteiger partial charge on any atom is 0.255 e. The predicted octanol–water partition coefficient (Wildman–Crippen LogP) is 2.89. The Balaban J connectivity index is 1.57. The number of anilines is 2. The average molecular weight is 353 g/mol. The van der Waals surface area contributed by atoms with E-state index >= 15 is 0 Å². The average Bonchev–Trinajstić information content (AvgIpc) is 2.69. The Morgan fingerprint density at radius 2 is 1.50 bits per heavy atom. The summed E-state index contributed by atoms with van der Waals surface area (Å²) >= 11 is 0. The number of methoxy groups -OCH3 is 1. The molecule has 0 radical (unpaired) electrons. The number of rotatable bonds is 5. The van der Waals surface area contributed by atoms with Crippen LogP contribution in [0.2, 0.25) is 0 Å². The molecule has 26 heavy (non-hydrogen) atoms. The maximum absolute atomic E-state index is 12.3. The van der Waals surface area contributed by atoms with Crippen LogP contribution in [0.5, 0.6) is 5.75 Å². The number of piperidine rings is 1. The summed E-state index contributed by atoms with van der Waals surface area (Å²) in [7, 11) is 1.60. The molecule has 0 bridgehead atoms. The molecule has 0 aromatic heterocycles. The first-order chi connectivity index (χ1) is 12.7. The summed E-state index contributed by atoms with van der Waals surface area (Å²) in [6.45, 7) is 1.76. The highest BCUT2D eigenvalue weighted by atomic mass is 16.5. The number of benzene rings is 2. The van der Waals surface area contributed by atoms with Gasteiger partial charge in [-0.05, 0) is 74.5 Å². The third-order valence-electron chi connectivity index (χ3n) is 4.47. The van der Waals surface area contributed by atoms with Crippen molar-refractivity contribution in [3.8, 4) is 5.75 Å². The minimum absolute atomic E-state index is 0.0435. The van der Waals surface area contributed by atoms with E-state index in [1.54, 1.807) is 55.6 Å². The van der Waals surface area contributed by atoms with Gasteiger partial charge in [-0.25, -0.2) is 0 Å². The summed E-state index contributed by atoms with van der Waals surface area (Å²) in [5, 5.41) is 9.01. The van der Waals surface area contributed by atoms with E-state index < -0.39 is 0 Å². The van der Waals surface area contributed by atoms with Gasteiger partial charge in [0.25, 0.3) is 5.91 Å². The Labute approximate surface area is 152 Å². The van der Waals surface area contributed by atoms with Crippen molar-refractivity contribution in [1.29, 1.82) is 0 Å². The predicted molar refractivity (Wildman–Crippen MR) is 102 cm³/mol. The molecule has 0 saturated carbocycles. The van der Waals surface area contributed by atoms with Crippen LogP contribution in [0.4, 0.5) is 11.4 Å². The van der Waals surface area contributed by atoms with Crippen LogP contribution in [0.1, 0.15) is 23.2 Å². The van der Waals surface area contributed by atoms with E-state index in [0.717, 1.165) is 31.7 Å². The van der Waals surface area contributed by atoms with Crippen molar-refractivity contribution in [3.05, 3.63) is 54.1 Å². The number of ether oxygens (including phenoxy) is 1. The molecule has 2 amide bonds. The fraction of sp³-hybridized carbons (Fsp3) is 0.300. The Morgan fingerprint density at radius 1 is 0.923 bits per heavy atom. The second-order valence-corrected chi connectivity index (χ2v) is 6.27. The molecule has 1 aliphatic rings. The van der Waals surface area contributed by atoms with Gasteiger partial charge in [0.2, 0.25) is 5.91 Å². The zero-order valence-corrected chi connectivity index (χ0v) is 14.7. The minimum Gasteiger partial charge on any atom is -0.497 e. The highest BCUT2D eigenvalue weighted by molar-refractivity contribution is 6.04. The molecule has 0 atom stereocenters. The summed E-state index contributed by atoms with van der Waals surface area (Å²) in [5.41, 5.74) is 1.93. The first kappa shape index (κ1) is 17.9. The Kier molecular flexibility index (Phi) is 5.86. The fourth-order valence-corrected chi connectivity index (χ4v) is 2.91. The van der Waals surface area contributed by atoms with Gasteiger partial charge in [-0.3, -0.25) is 9.59 Å². The molecular formula is C20H23N3O3. The highest BCUT2D eigenvalue weighted by Crippen LogP contribution is 2.18. The first-order valence-electron chi connectivity index (χ1n) is 8.73. The lowest BCUT2D eigenvalue weighted by Gasteiger charge is -2.21. The molecule has 6 nitrogen and oxygen atoms in total. The van der Waals surface area contributed by atoms with Gasteiger partial charge in [-0.15, -0.1) is 0 Å². The fourth-order valence-electron chi connectivity index (χ4n) is 2.91. The summed E-state index contributed by atoms with van der Waals surface area (Å²) in [5.74, 6) is 0.625. The Hall–Kier alpha value is -2.86. The van der Waals surface area contributed by atoms with Gasteiger partial charge >= 0.3 is 0 Å². The third kappa shape index (κ3) is 4.61. The van der Waals surface area contributed by atoms with Gasteiger partial charge in [0, 0.05) is 22.9 Å². The van der Waals surface area contributed by atoms with E-state index in [0.29, 0.717) is 16.9 Å². The number of carbonyl (C=O) groups excluding carboxylic acids is 2. The Bertz CT molecular complexity index is 751. The molecule has 1 aliphatic heterocycles. The van der Waals surface area contributed by atoms with Crippen molar-refractivity contribution in [2.75, 3.05) is 30.8 Å². The smallest absolute Gasteiger partial charge is 0.255 e. The summed E-state index contributed by atoms with van der Waals surface area (Å²) < 4.78 is 5.10. The van der Waals surface area contributed by atoms with Crippen molar-refractivity contribution >= 4 is 23.2 Å². The molecule has 6 heteroatoms. The number of hydrogen-bond acceptors (Lipinski definition) is 4. The molecule has 1 saturated heterocycles. The van der Waals surface area contributed by atoms with Crippen molar-refractivity contribution in [2.45, 2.75) is 12.8 Å². The molecule has 2 aromatic rings. The van der Waals surface area contributed by atoms with Gasteiger partial charge in [0.1, 0.15) is 5.75 Å². The molecule has 0 aliphatic carbocycles. The topological polar surface area (TPSA) is 79.5 Å². The quantitative estimate of drug-likeness (QED) is 0.772. The molecule has 2 aromatic carbocycles. The van der Waals surface area contributed by atoms with E-state index in [2.05, 4.69) is 16.0 Å². The number of hydrogen-bond donors (Lipinski definition) is 3. The molecule has 3 N–H and O–H groups in total. The van der Waals surface area contributed by atoms with Crippen LogP contribution < -0.4 is 20.7 Å². The highest BCUT2D eigenvalue weighted by Gasteiger charge is 2.20. The lowest BCUT2D eigenvalue weighted by Crippen LogP contribution is -2.34. The molecule has 1 fully saturated rings. The second kappa shape index (κ2) is 8.49. The van der Waals surface area contributed by atoms with Crippen LogP contribution in [0, 0.1) is 5.92 Å². The van der Waals surface area contributed by atoms with E-state index in [1.165, 1.54) is 0 Å². The molecule has 1 heterocycles. The monoisotopic (exact) mass is 353 g/mol. The summed E-state index contributed by atoms with van der Waals surface area (Å²) in [6, 6.07) is 14.1. The van der Waals surface area contributed by atoms with Gasteiger partial charge in [0.15, 0.2) is 0 Å². The van der Waals surface area contributed by atoms with Crippen LogP contribution in [0.3, 0.4) is 0 Å². The molecular weight excluding hydrogens is 330 g/mol. The van der Waals surface area contributed by atoms with E-state index in [4.69, 9.17) is 4.74 Å². The van der Waals surface area contributed by atoms with Gasteiger partial charge in [-0.1, -0.05) is 0 Å². The Morgan fingerprint density at radius 3 is 2.12 bits per heavy atom. The van der Waals surface area contributed by atoms with Crippen LogP contribution in [0.25, 0.3) is 0 Å². The SMILES string of the molecule is COc1ccc(NC(=O)c2ccc(NC(=O)C3CCNCC3)cc2)cc1. The van der Waals surface area contributed by atoms with Gasteiger partial charge in [0.05, 0.1) is 7.11 Å². The van der Waals surface area contributed by atoms with E-state index in [9.17, 15) is 9.59 Å². The van der Waals surface area contributed by atoms with E-state index in [1.807, 2.05) is 0 Å². The van der Waals surface area contributed by atoms with Crippen molar-refractivity contribution in [2.24, 2.45) is 5.92 Å². The standard InChI is InChI=1S/C20H23N3O3/c1-26-18-8-6-17(7-9-18)23-19(24)14-2-4-16(5-3-14)22-20(25)15-10-12-21-13-11-15/h2-9,15,21H,10-13H2,1H3,(H,22,25)(H,23,24). The number of carbonyl (C=O) groups is 2. The normalized spacial score (nSPS) is 14.5. The lowest BCUT2D eigenvalue weighted by atomic mass is 9.97. The summed E-state index contributed by atoms with van der Waals surface area (Å²) in [6.07, 6.45) is 1.71. The zero-order valence-electron chi connectivity index (χ0n) is 14.7. The molecule has 0 unspecified atom stereocenters. The first-order valence-corrected chi connectivity index (χ1v) is 8.73. The van der Waals surface area contributed by atoms with Crippen LogP contribution in [0.15, 0.2) is 48.5 Å². The second-order valence-electron chi connectivity index (χ2n) is 6.27. The van der Waals surface area contributed by atoms with Crippen molar-refractivity contribution in [1.82, 2.24) is 5.32 Å². The lowest BCUT2D eigenvalue weighted by molar-refractivity contribution is -0.120. The van der Waals surface area contributed by atoms with Crippen LogP contribution in [-0.2, 0) is 4.79 Å². The van der Waals surface area contributed by atoms with Crippen molar-refractivity contribution in [3.63, 3.8) is 0 Å². The van der Waals surface area contributed by atoms with Crippen LogP contribution >= 0.6 is 0 Å². The minimum atomic E-state index is -0.202. The molecule has 136 valence electrons. The number of nitrogens with one attached hydrogen (secondary N) is 3. The summed E-state index contributed by atoms with van der Waals surface area (Å²) in [4.78, 5) is 24.6. The molecule has 3 rings (SSSR count). The molecule has 0 spiro atoms. The van der Waals surface area contributed by atoms with E-state index in [-0.39, 0.29) is 17.7 Å². The van der Waals surface area contributed by atoms with Crippen molar-refractivity contribution < 1.29 is 14.3 Å². The maximum atomic E-state index is 12.3. The largest absolute Gasteiger partial charge is 0.497 e. The van der Waals surface area contributed by atoms with Crippen LogP contribution in [-0.4, -0.2) is 32.0 Å². The van der Waals surface area contributed by atoms with Gasteiger partial charge in [-0.2, -0.15) is 0 Å². The third-order valence-corrected chi connectivity index (χ3v) is 4.47. The number of amides is 2. The van der Waals surface area contributed by atoms with Gasteiger partial charge < -0.3 is 20.7 Å².